The van der Waals surface area contributed by atoms with Gasteiger partial charge in [0, 0.05) is 25.5 Å². The fourth-order valence-electron chi connectivity index (χ4n) is 3.77. The van der Waals surface area contributed by atoms with Gasteiger partial charge < -0.3 is 15.3 Å². The van der Waals surface area contributed by atoms with Crippen LogP contribution in [0, 0.1) is 0 Å². The number of rotatable bonds is 4. The monoisotopic (exact) mass is 478 g/mol. The molecular weight excluding hydrogens is 447 g/mol. The van der Waals surface area contributed by atoms with Crippen LogP contribution < -0.4 is 5.32 Å². The van der Waals surface area contributed by atoms with E-state index in [1.54, 1.807) is 7.05 Å². The Bertz CT molecular complexity index is 560. The maximum Gasteiger partial charge on any atom is 0.193 e. The minimum absolute atomic E-state index is 0. The van der Waals surface area contributed by atoms with Crippen LogP contribution in [-0.4, -0.2) is 47.2 Å². The minimum Gasteiger partial charge on any atom is -0.388 e. The van der Waals surface area contributed by atoms with Crippen molar-refractivity contribution in [2.24, 2.45) is 4.99 Å². The number of fused-ring (bicyclic) bond motifs is 1. The van der Waals surface area contributed by atoms with Crippen LogP contribution in [0.2, 0.25) is 0 Å². The van der Waals surface area contributed by atoms with E-state index < -0.39 is 5.60 Å². The van der Waals surface area contributed by atoms with Crippen LogP contribution in [0.25, 0.3) is 0 Å². The molecule has 1 aromatic rings. The van der Waals surface area contributed by atoms with Crippen molar-refractivity contribution in [2.45, 2.75) is 69.9 Å². The first kappa shape index (κ1) is 20.9. The van der Waals surface area contributed by atoms with Crippen LogP contribution in [0.1, 0.15) is 60.5 Å². The Hall–Kier alpha value is -0.410. The molecule has 1 heterocycles. The van der Waals surface area contributed by atoms with Crippen LogP contribution in [0.4, 0.5) is 0 Å². The third kappa shape index (κ3) is 5.53. The number of nitrogens with zero attached hydrogens (tertiary/aromatic N) is 3. The Kier molecular flexibility index (Phi) is 7.94. The number of thiazole rings is 1. The maximum absolute atomic E-state index is 10.7. The van der Waals surface area contributed by atoms with Gasteiger partial charge >= 0.3 is 0 Å². The quantitative estimate of drug-likeness (QED) is 0.396. The van der Waals surface area contributed by atoms with Crippen molar-refractivity contribution in [3.8, 4) is 0 Å². The zero-order valence-corrected chi connectivity index (χ0v) is 18.5. The lowest BCUT2D eigenvalue weighted by molar-refractivity contribution is 0.00819. The van der Waals surface area contributed by atoms with Gasteiger partial charge in [-0.2, -0.15) is 0 Å². The number of hydrogen-bond acceptors (Lipinski definition) is 4. The summed E-state index contributed by atoms with van der Waals surface area (Å²) in [6.07, 6.45) is 10.2. The molecule has 1 fully saturated rings. The summed E-state index contributed by atoms with van der Waals surface area (Å²) in [4.78, 5) is 12.8. The molecule has 0 aliphatic heterocycles. The van der Waals surface area contributed by atoms with Gasteiger partial charge in [0.2, 0.25) is 0 Å². The Morgan fingerprint density at radius 2 is 1.96 bits per heavy atom. The molecule has 0 aromatic carbocycles. The molecule has 0 saturated heterocycles. The van der Waals surface area contributed by atoms with Crippen molar-refractivity contribution in [1.29, 1.82) is 0 Å². The summed E-state index contributed by atoms with van der Waals surface area (Å²) in [6.45, 7) is 1.36. The maximum atomic E-state index is 10.7. The van der Waals surface area contributed by atoms with Crippen molar-refractivity contribution in [3.05, 3.63) is 15.6 Å². The topological polar surface area (TPSA) is 60.8 Å². The highest BCUT2D eigenvalue weighted by Crippen LogP contribution is 2.28. The lowest BCUT2D eigenvalue weighted by Crippen LogP contribution is -2.48. The smallest absolute Gasteiger partial charge is 0.193 e. The first-order valence-electron chi connectivity index (χ1n) is 9.21. The number of aliphatic hydroxyl groups is 1. The molecule has 1 aromatic heterocycles. The van der Waals surface area contributed by atoms with E-state index in [9.17, 15) is 5.11 Å². The lowest BCUT2D eigenvalue weighted by Gasteiger charge is -2.33. The SMILES string of the molecule is CN=C(NCC1(O)CCCCC1)N(C)Cc1nc2c(s1)CCCC2.I. The Balaban J connectivity index is 0.00000225. The Labute approximate surface area is 172 Å². The largest absolute Gasteiger partial charge is 0.388 e. The van der Waals surface area contributed by atoms with Crippen LogP contribution in [0.3, 0.4) is 0 Å². The first-order chi connectivity index (χ1) is 11.6. The molecule has 25 heavy (non-hydrogen) atoms. The summed E-state index contributed by atoms with van der Waals surface area (Å²) in [5.41, 5.74) is 0.740. The van der Waals surface area contributed by atoms with Gasteiger partial charge in [-0.05, 0) is 38.5 Å². The van der Waals surface area contributed by atoms with Crippen LogP contribution in [0.5, 0.6) is 0 Å². The summed E-state index contributed by atoms with van der Waals surface area (Å²) in [5.74, 6) is 0.835. The molecule has 0 bridgehead atoms. The highest BCUT2D eigenvalue weighted by molar-refractivity contribution is 14.0. The molecule has 0 spiro atoms. The summed E-state index contributed by atoms with van der Waals surface area (Å²) < 4.78 is 0. The van der Waals surface area contributed by atoms with Gasteiger partial charge in [-0.15, -0.1) is 35.3 Å². The lowest BCUT2D eigenvalue weighted by atomic mass is 9.85. The molecule has 0 radical (unpaired) electrons. The van der Waals surface area contributed by atoms with Gasteiger partial charge in [0.05, 0.1) is 17.8 Å². The van der Waals surface area contributed by atoms with E-state index in [-0.39, 0.29) is 24.0 Å². The minimum atomic E-state index is -0.574. The highest BCUT2D eigenvalue weighted by atomic mass is 127. The van der Waals surface area contributed by atoms with E-state index in [4.69, 9.17) is 4.98 Å². The first-order valence-corrected chi connectivity index (χ1v) is 10.0. The number of aromatic nitrogens is 1. The van der Waals surface area contributed by atoms with Gasteiger partial charge in [0.1, 0.15) is 5.01 Å². The van der Waals surface area contributed by atoms with Gasteiger partial charge in [-0.3, -0.25) is 4.99 Å². The average Bonchev–Trinajstić information content (AvgIpc) is 2.98. The van der Waals surface area contributed by atoms with Crippen LogP contribution in [0.15, 0.2) is 4.99 Å². The van der Waals surface area contributed by atoms with Crippen LogP contribution in [-0.2, 0) is 19.4 Å². The van der Waals surface area contributed by atoms with Crippen molar-refractivity contribution in [1.82, 2.24) is 15.2 Å². The molecular formula is C18H31IN4OS. The second kappa shape index (κ2) is 9.50. The van der Waals surface area contributed by atoms with Crippen LogP contribution >= 0.6 is 35.3 Å². The molecule has 2 aliphatic carbocycles. The van der Waals surface area contributed by atoms with Gasteiger partial charge in [0.25, 0.3) is 0 Å². The molecule has 0 amide bonds. The average molecular weight is 478 g/mol. The van der Waals surface area contributed by atoms with Gasteiger partial charge in [0.15, 0.2) is 5.96 Å². The number of aryl methyl sites for hydroxylation is 2. The summed E-state index contributed by atoms with van der Waals surface area (Å²) in [5, 5.41) is 15.2. The normalized spacial score (nSPS) is 19.7. The summed E-state index contributed by atoms with van der Waals surface area (Å²) >= 11 is 1.85. The summed E-state index contributed by atoms with van der Waals surface area (Å²) in [7, 11) is 3.84. The fourth-order valence-corrected chi connectivity index (χ4v) is 4.98. The molecule has 2 aliphatic rings. The molecule has 3 rings (SSSR count). The summed E-state index contributed by atoms with van der Waals surface area (Å²) in [6, 6.07) is 0. The molecule has 7 heteroatoms. The van der Waals surface area contributed by atoms with Crippen molar-refractivity contribution >= 4 is 41.3 Å². The Morgan fingerprint density at radius 3 is 2.64 bits per heavy atom. The Morgan fingerprint density at radius 1 is 1.24 bits per heavy atom. The van der Waals surface area contributed by atoms with E-state index in [0.717, 1.165) is 44.6 Å². The second-order valence-electron chi connectivity index (χ2n) is 7.23. The number of halogens is 1. The number of guanidine groups is 1. The number of nitrogens with one attached hydrogen (secondary N) is 1. The van der Waals surface area contributed by atoms with Gasteiger partial charge in [-0.1, -0.05) is 19.3 Å². The third-order valence-electron chi connectivity index (χ3n) is 5.20. The molecule has 1 saturated carbocycles. The standard InChI is InChI=1S/C18H30N4OS.HI/c1-19-17(20-13-18(23)10-6-3-7-11-18)22(2)12-16-21-14-8-4-5-9-15(14)24-16;/h23H,3-13H2,1-2H3,(H,19,20);1H. The third-order valence-corrected chi connectivity index (χ3v) is 6.34. The molecule has 2 N–H and O–H groups in total. The second-order valence-corrected chi connectivity index (χ2v) is 8.39. The van der Waals surface area contributed by atoms with E-state index in [1.165, 1.54) is 41.3 Å². The molecule has 0 atom stereocenters. The van der Waals surface area contributed by atoms with Crippen molar-refractivity contribution in [3.63, 3.8) is 0 Å². The molecule has 142 valence electrons. The fraction of sp³-hybridized carbons (Fsp3) is 0.778. The van der Waals surface area contributed by atoms with Gasteiger partial charge in [-0.25, -0.2) is 4.98 Å². The molecule has 0 unspecified atom stereocenters. The zero-order chi connectivity index (χ0) is 17.0. The number of hydrogen-bond donors (Lipinski definition) is 2. The number of aliphatic imine (C=N–C) groups is 1. The van der Waals surface area contributed by atoms with E-state index in [0.29, 0.717) is 6.54 Å². The van der Waals surface area contributed by atoms with E-state index in [1.807, 2.05) is 18.4 Å². The van der Waals surface area contributed by atoms with Crippen molar-refractivity contribution in [2.75, 3.05) is 20.6 Å². The van der Waals surface area contributed by atoms with E-state index >= 15 is 0 Å². The van der Waals surface area contributed by atoms with Crippen molar-refractivity contribution < 1.29 is 5.11 Å². The highest BCUT2D eigenvalue weighted by Gasteiger charge is 2.29. The van der Waals surface area contributed by atoms with E-state index in [2.05, 4.69) is 15.2 Å². The molecule has 5 nitrogen and oxygen atoms in total. The predicted octanol–water partition coefficient (Wildman–Crippen LogP) is 3.34. The zero-order valence-electron chi connectivity index (χ0n) is 15.4. The predicted molar refractivity (Wildman–Crippen MR) is 115 cm³/mol.